The summed E-state index contributed by atoms with van der Waals surface area (Å²) in [5, 5.41) is 12.9. The van der Waals surface area contributed by atoms with Gasteiger partial charge in [0, 0.05) is 34.9 Å². The molecule has 0 saturated heterocycles. The first-order valence-electron chi connectivity index (χ1n) is 13.6. The molecule has 2 heterocycles. The van der Waals surface area contributed by atoms with Crippen molar-refractivity contribution in [2.45, 2.75) is 83.8 Å². The van der Waals surface area contributed by atoms with Crippen molar-refractivity contribution in [3.05, 3.63) is 41.6 Å². The second kappa shape index (κ2) is 10.5. The minimum absolute atomic E-state index is 0.0606. The molecule has 3 aromatic rings. The van der Waals surface area contributed by atoms with Gasteiger partial charge in [0.25, 0.3) is 5.91 Å². The van der Waals surface area contributed by atoms with Gasteiger partial charge in [-0.1, -0.05) is 0 Å². The summed E-state index contributed by atoms with van der Waals surface area (Å²) in [4.78, 5) is 39.0. The lowest BCUT2D eigenvalue weighted by Crippen LogP contribution is -2.53. The van der Waals surface area contributed by atoms with Crippen LogP contribution < -0.4 is 10.1 Å². The number of amides is 2. The van der Waals surface area contributed by atoms with Crippen LogP contribution in [0.3, 0.4) is 0 Å². The molecule has 2 fully saturated rings. The van der Waals surface area contributed by atoms with Crippen LogP contribution in [0.1, 0.15) is 75.3 Å². The van der Waals surface area contributed by atoms with E-state index in [1.165, 1.54) is 23.4 Å². The largest absolute Gasteiger partial charge is 0.492 e. The first-order chi connectivity index (χ1) is 18.5. The predicted molar refractivity (Wildman–Crippen MR) is 145 cm³/mol. The van der Waals surface area contributed by atoms with Crippen LogP contribution in [0.2, 0.25) is 0 Å². The molecule has 39 heavy (non-hydrogen) atoms. The number of rotatable bonds is 7. The number of nitrogens with zero attached hydrogens (tertiary/aromatic N) is 3. The van der Waals surface area contributed by atoms with Gasteiger partial charge in [0.05, 0.1) is 17.7 Å². The molecule has 0 spiro atoms. The second-order valence-corrected chi connectivity index (χ2v) is 11.8. The SMILES string of the molecule is Cc1[nH]c2c(-c3ccc(F)cc3OCC3CC3)ncnc2c1C(=O)NC1CCC(N(C(=O)O)C(C)(C)C)CC1. The van der Waals surface area contributed by atoms with Crippen molar-refractivity contribution in [2.24, 2.45) is 5.92 Å². The van der Waals surface area contributed by atoms with Crippen LogP contribution in [0.15, 0.2) is 24.5 Å². The molecule has 5 rings (SSSR count). The maximum Gasteiger partial charge on any atom is 0.407 e. The molecule has 2 amide bonds. The monoisotopic (exact) mass is 537 g/mol. The number of hydrogen-bond acceptors (Lipinski definition) is 5. The van der Waals surface area contributed by atoms with Crippen molar-refractivity contribution >= 4 is 23.0 Å². The van der Waals surface area contributed by atoms with Gasteiger partial charge in [-0.3, -0.25) is 4.79 Å². The van der Waals surface area contributed by atoms with Crippen molar-refractivity contribution in [1.29, 1.82) is 0 Å². The Morgan fingerprint density at radius 2 is 1.87 bits per heavy atom. The van der Waals surface area contributed by atoms with Gasteiger partial charge in [-0.05, 0) is 84.3 Å². The van der Waals surface area contributed by atoms with E-state index in [1.54, 1.807) is 6.07 Å². The van der Waals surface area contributed by atoms with E-state index in [-0.39, 0.29) is 23.8 Å². The smallest absolute Gasteiger partial charge is 0.407 e. The average molecular weight is 538 g/mol. The Bertz CT molecular complexity index is 1390. The average Bonchev–Trinajstić information content (AvgIpc) is 3.62. The van der Waals surface area contributed by atoms with E-state index in [9.17, 15) is 19.1 Å². The van der Waals surface area contributed by atoms with E-state index in [4.69, 9.17) is 4.74 Å². The summed E-state index contributed by atoms with van der Waals surface area (Å²) in [5.41, 5.74) is 2.88. The number of aromatic nitrogens is 3. The van der Waals surface area contributed by atoms with E-state index in [1.807, 2.05) is 27.7 Å². The molecule has 0 radical (unpaired) electrons. The summed E-state index contributed by atoms with van der Waals surface area (Å²) in [5.74, 6) is 0.302. The lowest BCUT2D eigenvalue weighted by molar-refractivity contribution is 0.0520. The third-order valence-corrected chi connectivity index (χ3v) is 7.69. The molecule has 208 valence electrons. The molecule has 0 unspecified atom stereocenters. The Morgan fingerprint density at radius 1 is 1.15 bits per heavy atom. The number of hydrogen-bond donors (Lipinski definition) is 3. The molecule has 0 aliphatic heterocycles. The van der Waals surface area contributed by atoms with Gasteiger partial charge in [-0.25, -0.2) is 19.2 Å². The Morgan fingerprint density at radius 3 is 2.51 bits per heavy atom. The molecule has 0 atom stereocenters. The number of carboxylic acid groups (broad SMARTS) is 1. The molecular formula is C29H36FN5O4. The molecule has 9 nitrogen and oxygen atoms in total. The zero-order chi connectivity index (χ0) is 27.9. The van der Waals surface area contributed by atoms with E-state index in [0.29, 0.717) is 77.5 Å². The zero-order valence-electron chi connectivity index (χ0n) is 22.9. The number of nitrogens with one attached hydrogen (secondary N) is 2. The fourth-order valence-corrected chi connectivity index (χ4v) is 5.63. The van der Waals surface area contributed by atoms with E-state index in [2.05, 4.69) is 20.3 Å². The van der Waals surface area contributed by atoms with Gasteiger partial charge in [0.1, 0.15) is 29.1 Å². The van der Waals surface area contributed by atoms with E-state index >= 15 is 0 Å². The number of carbonyl (C=O) groups excluding carboxylic acids is 1. The summed E-state index contributed by atoms with van der Waals surface area (Å²) < 4.78 is 20.0. The molecule has 2 aromatic heterocycles. The van der Waals surface area contributed by atoms with Gasteiger partial charge < -0.3 is 25.0 Å². The van der Waals surface area contributed by atoms with E-state index in [0.717, 1.165) is 12.8 Å². The highest BCUT2D eigenvalue weighted by atomic mass is 19.1. The normalized spacial score (nSPS) is 19.6. The van der Waals surface area contributed by atoms with Gasteiger partial charge in [0.15, 0.2) is 0 Å². The van der Waals surface area contributed by atoms with Crippen LogP contribution in [0, 0.1) is 18.7 Å². The van der Waals surface area contributed by atoms with Gasteiger partial charge in [0.2, 0.25) is 0 Å². The molecule has 0 bridgehead atoms. The first-order valence-corrected chi connectivity index (χ1v) is 13.6. The third-order valence-electron chi connectivity index (χ3n) is 7.69. The molecule has 2 saturated carbocycles. The van der Waals surface area contributed by atoms with Crippen LogP contribution >= 0.6 is 0 Å². The van der Waals surface area contributed by atoms with Gasteiger partial charge >= 0.3 is 6.09 Å². The van der Waals surface area contributed by atoms with Crippen LogP contribution in [-0.4, -0.2) is 61.2 Å². The Kier molecular flexibility index (Phi) is 7.22. The summed E-state index contributed by atoms with van der Waals surface area (Å²) in [7, 11) is 0. The van der Waals surface area contributed by atoms with Crippen molar-refractivity contribution in [2.75, 3.05) is 6.61 Å². The third kappa shape index (κ3) is 5.69. The number of aromatic amines is 1. The Balaban J connectivity index is 1.35. The highest BCUT2D eigenvalue weighted by Crippen LogP contribution is 2.37. The maximum atomic E-state index is 14.1. The summed E-state index contributed by atoms with van der Waals surface area (Å²) >= 11 is 0. The Labute approximate surface area is 227 Å². The molecule has 2 aliphatic rings. The van der Waals surface area contributed by atoms with Crippen molar-refractivity contribution < 1.29 is 23.8 Å². The van der Waals surface area contributed by atoms with Gasteiger partial charge in [-0.15, -0.1) is 0 Å². The summed E-state index contributed by atoms with van der Waals surface area (Å²) in [6, 6.07) is 4.25. The lowest BCUT2D eigenvalue weighted by atomic mass is 9.88. The number of H-pyrrole nitrogens is 1. The fourth-order valence-electron chi connectivity index (χ4n) is 5.63. The standard InChI is InChI=1S/C29H36FN5O4/c1-16-23(27(36)34-19-8-10-20(11-9-19)35(28(37)38)29(2,3)4)25-26(33-16)24(31-15-32-25)21-12-7-18(30)13-22(21)39-14-17-5-6-17/h7,12-13,15,17,19-20,33H,5-6,8-11,14H2,1-4H3,(H,34,36)(H,37,38). The quantitative estimate of drug-likeness (QED) is 0.357. The summed E-state index contributed by atoms with van der Waals surface area (Å²) in [6.07, 6.45) is 5.48. The van der Waals surface area contributed by atoms with Crippen molar-refractivity contribution in [3.8, 4) is 17.0 Å². The molecule has 2 aliphatic carbocycles. The molecule has 3 N–H and O–H groups in total. The summed E-state index contributed by atoms with van der Waals surface area (Å²) in [6.45, 7) is 8.06. The number of aryl methyl sites for hydroxylation is 1. The minimum atomic E-state index is -0.915. The predicted octanol–water partition coefficient (Wildman–Crippen LogP) is 5.68. The molecule has 1 aromatic carbocycles. The fraction of sp³-hybridized carbons (Fsp3) is 0.517. The van der Waals surface area contributed by atoms with Crippen LogP contribution in [0.5, 0.6) is 5.75 Å². The number of carbonyl (C=O) groups is 2. The van der Waals surface area contributed by atoms with Crippen molar-refractivity contribution in [3.63, 3.8) is 0 Å². The minimum Gasteiger partial charge on any atom is -0.492 e. The number of benzene rings is 1. The van der Waals surface area contributed by atoms with Crippen molar-refractivity contribution in [1.82, 2.24) is 25.2 Å². The molecule has 10 heteroatoms. The zero-order valence-corrected chi connectivity index (χ0v) is 22.9. The Hall–Kier alpha value is -3.69. The second-order valence-electron chi connectivity index (χ2n) is 11.8. The first kappa shape index (κ1) is 26.9. The number of ether oxygens (including phenoxy) is 1. The topological polar surface area (TPSA) is 120 Å². The van der Waals surface area contributed by atoms with Crippen LogP contribution in [0.4, 0.5) is 9.18 Å². The van der Waals surface area contributed by atoms with Crippen LogP contribution in [-0.2, 0) is 0 Å². The van der Waals surface area contributed by atoms with Gasteiger partial charge in [-0.2, -0.15) is 0 Å². The van der Waals surface area contributed by atoms with Crippen LogP contribution in [0.25, 0.3) is 22.3 Å². The highest BCUT2D eigenvalue weighted by Gasteiger charge is 2.36. The van der Waals surface area contributed by atoms with E-state index < -0.39 is 11.6 Å². The highest BCUT2D eigenvalue weighted by molar-refractivity contribution is 6.09. The molecular weight excluding hydrogens is 501 g/mol. The lowest BCUT2D eigenvalue weighted by Gasteiger charge is -2.42. The maximum absolute atomic E-state index is 14.1. The number of halogens is 1. The number of fused-ring (bicyclic) bond motifs is 1.